The van der Waals surface area contributed by atoms with Crippen molar-refractivity contribution in [2.75, 3.05) is 23.4 Å². The van der Waals surface area contributed by atoms with Crippen LogP contribution in [0.3, 0.4) is 0 Å². The highest BCUT2D eigenvalue weighted by Crippen LogP contribution is 2.14. The Bertz CT molecular complexity index is 578. The van der Waals surface area contributed by atoms with Crippen molar-refractivity contribution in [2.24, 2.45) is 0 Å². The number of anilines is 1. The van der Waals surface area contributed by atoms with E-state index in [0.29, 0.717) is 6.42 Å². The summed E-state index contributed by atoms with van der Waals surface area (Å²) in [7, 11) is 0. The zero-order chi connectivity index (χ0) is 14.5. The summed E-state index contributed by atoms with van der Waals surface area (Å²) in [4.78, 5) is 15.9. The summed E-state index contributed by atoms with van der Waals surface area (Å²) >= 11 is 1.89. The van der Waals surface area contributed by atoms with Crippen LogP contribution in [-0.4, -0.2) is 44.8 Å². The highest BCUT2D eigenvalue weighted by molar-refractivity contribution is 7.99. The molecule has 110 valence electrons. The number of carbonyl (C=O) groups excluding carboxylic acids is 1. The largest absolute Gasteiger partial charge is 0.326 e. The average Bonchev–Trinajstić information content (AvgIpc) is 3.03. The van der Waals surface area contributed by atoms with Gasteiger partial charge in [0.2, 0.25) is 5.91 Å². The number of nitrogens with one attached hydrogen (secondary N) is 2. The van der Waals surface area contributed by atoms with Gasteiger partial charge in [-0.15, -0.1) is 0 Å². The Hall–Kier alpha value is -1.86. The number of hydrogen-bond donors (Lipinski definition) is 2. The average molecular weight is 303 g/mol. The Morgan fingerprint density at radius 2 is 2.29 bits per heavy atom. The van der Waals surface area contributed by atoms with Gasteiger partial charge in [-0.05, 0) is 24.3 Å². The molecule has 1 aromatic heterocycles. The number of benzene rings is 1. The minimum absolute atomic E-state index is 0.0449. The molecular weight excluding hydrogens is 286 g/mol. The Morgan fingerprint density at radius 3 is 2.95 bits per heavy atom. The van der Waals surface area contributed by atoms with Crippen LogP contribution in [0.25, 0.3) is 5.69 Å². The van der Waals surface area contributed by atoms with Crippen LogP contribution in [0.1, 0.15) is 6.42 Å². The number of nitrogens with zero attached hydrogens (tertiary/aromatic N) is 3. The third kappa shape index (κ3) is 3.83. The van der Waals surface area contributed by atoms with E-state index in [-0.39, 0.29) is 11.9 Å². The van der Waals surface area contributed by atoms with E-state index in [0.717, 1.165) is 29.4 Å². The summed E-state index contributed by atoms with van der Waals surface area (Å²) < 4.78 is 1.68. The minimum Gasteiger partial charge on any atom is -0.326 e. The lowest BCUT2D eigenvalue weighted by molar-refractivity contribution is -0.116. The fraction of sp³-hybridized carbons (Fsp3) is 0.357. The van der Waals surface area contributed by atoms with E-state index in [1.54, 1.807) is 11.0 Å². The second kappa shape index (κ2) is 6.73. The van der Waals surface area contributed by atoms with Crippen LogP contribution in [0.15, 0.2) is 36.9 Å². The van der Waals surface area contributed by atoms with Crippen molar-refractivity contribution in [2.45, 2.75) is 12.5 Å². The molecule has 0 unspecified atom stereocenters. The molecule has 0 spiro atoms. The van der Waals surface area contributed by atoms with E-state index in [1.165, 1.54) is 6.33 Å². The van der Waals surface area contributed by atoms with Gasteiger partial charge in [0.25, 0.3) is 0 Å². The monoisotopic (exact) mass is 303 g/mol. The summed E-state index contributed by atoms with van der Waals surface area (Å²) in [5, 5.41) is 10.4. The van der Waals surface area contributed by atoms with Crippen LogP contribution < -0.4 is 10.6 Å². The molecule has 7 heteroatoms. The molecule has 3 rings (SSSR count). The predicted octanol–water partition coefficient (Wildman–Crippen LogP) is 1.30. The number of thioether (sulfide) groups is 1. The normalized spacial score (nSPS) is 18.4. The third-order valence-electron chi connectivity index (χ3n) is 3.26. The van der Waals surface area contributed by atoms with Crippen LogP contribution >= 0.6 is 11.8 Å². The van der Waals surface area contributed by atoms with E-state index >= 15 is 0 Å². The van der Waals surface area contributed by atoms with Gasteiger partial charge in [-0.25, -0.2) is 9.67 Å². The molecule has 2 heterocycles. The second-order valence-electron chi connectivity index (χ2n) is 4.87. The molecule has 0 bridgehead atoms. The molecule has 2 aromatic rings. The Kier molecular flexibility index (Phi) is 4.52. The third-order valence-corrected chi connectivity index (χ3v) is 4.40. The molecule has 1 fully saturated rings. The molecule has 1 aliphatic heterocycles. The Labute approximate surface area is 127 Å². The fourth-order valence-electron chi connectivity index (χ4n) is 2.23. The highest BCUT2D eigenvalue weighted by atomic mass is 32.2. The van der Waals surface area contributed by atoms with Gasteiger partial charge >= 0.3 is 0 Å². The Morgan fingerprint density at radius 1 is 1.43 bits per heavy atom. The zero-order valence-electron chi connectivity index (χ0n) is 11.5. The van der Waals surface area contributed by atoms with Crippen molar-refractivity contribution in [3.63, 3.8) is 0 Å². The molecule has 1 saturated heterocycles. The minimum atomic E-state index is 0.0449. The first-order chi connectivity index (χ1) is 10.3. The summed E-state index contributed by atoms with van der Waals surface area (Å²) in [5.41, 5.74) is 1.71. The van der Waals surface area contributed by atoms with Crippen LogP contribution in [0.4, 0.5) is 5.69 Å². The van der Waals surface area contributed by atoms with Gasteiger partial charge in [-0.1, -0.05) is 0 Å². The molecule has 0 radical (unpaired) electrons. The van der Waals surface area contributed by atoms with Crippen molar-refractivity contribution in [1.29, 1.82) is 0 Å². The number of amides is 1. The van der Waals surface area contributed by atoms with Crippen molar-refractivity contribution in [1.82, 2.24) is 20.1 Å². The molecule has 1 aromatic carbocycles. The lowest BCUT2D eigenvalue weighted by Gasteiger charge is -2.22. The lowest BCUT2D eigenvalue weighted by Crippen LogP contribution is -2.39. The van der Waals surface area contributed by atoms with Gasteiger partial charge in [0, 0.05) is 36.2 Å². The van der Waals surface area contributed by atoms with Crippen LogP contribution in [-0.2, 0) is 4.79 Å². The van der Waals surface area contributed by atoms with Gasteiger partial charge < -0.3 is 10.6 Å². The van der Waals surface area contributed by atoms with Crippen LogP contribution in [0.2, 0.25) is 0 Å². The number of rotatable bonds is 4. The SMILES string of the molecule is O=C(C[C@H]1CSCCN1)Nc1ccc(-n2cncn2)cc1. The number of aromatic nitrogens is 3. The maximum Gasteiger partial charge on any atom is 0.225 e. The molecular formula is C14H17N5OS. The van der Waals surface area contributed by atoms with E-state index in [1.807, 2.05) is 36.0 Å². The van der Waals surface area contributed by atoms with Crippen molar-refractivity contribution < 1.29 is 4.79 Å². The van der Waals surface area contributed by atoms with Gasteiger partial charge in [-0.3, -0.25) is 4.79 Å². The zero-order valence-corrected chi connectivity index (χ0v) is 12.3. The van der Waals surface area contributed by atoms with E-state index in [2.05, 4.69) is 20.7 Å². The second-order valence-corrected chi connectivity index (χ2v) is 6.02. The Balaban J connectivity index is 1.56. The quantitative estimate of drug-likeness (QED) is 0.891. The van der Waals surface area contributed by atoms with E-state index < -0.39 is 0 Å². The summed E-state index contributed by atoms with van der Waals surface area (Å²) in [5.74, 6) is 2.17. The fourth-order valence-corrected chi connectivity index (χ4v) is 3.17. The first-order valence-electron chi connectivity index (χ1n) is 6.87. The van der Waals surface area contributed by atoms with E-state index in [9.17, 15) is 4.79 Å². The van der Waals surface area contributed by atoms with Gasteiger partial charge in [0.15, 0.2) is 0 Å². The standard InChI is InChI=1S/C14H17N5OS/c20-14(7-12-8-21-6-5-16-12)18-11-1-3-13(4-2-11)19-10-15-9-17-19/h1-4,9-10,12,16H,5-8H2,(H,18,20)/t12-/m0/s1. The van der Waals surface area contributed by atoms with Crippen LogP contribution in [0.5, 0.6) is 0 Å². The van der Waals surface area contributed by atoms with Crippen molar-refractivity contribution in [3.8, 4) is 5.69 Å². The van der Waals surface area contributed by atoms with Crippen molar-refractivity contribution in [3.05, 3.63) is 36.9 Å². The smallest absolute Gasteiger partial charge is 0.225 e. The lowest BCUT2D eigenvalue weighted by atomic mass is 10.2. The molecule has 0 saturated carbocycles. The van der Waals surface area contributed by atoms with Gasteiger partial charge in [-0.2, -0.15) is 16.9 Å². The summed E-state index contributed by atoms with van der Waals surface area (Å²) in [6.07, 6.45) is 3.64. The molecule has 1 aliphatic rings. The molecule has 6 nitrogen and oxygen atoms in total. The number of hydrogen-bond acceptors (Lipinski definition) is 5. The van der Waals surface area contributed by atoms with Crippen molar-refractivity contribution >= 4 is 23.4 Å². The maximum atomic E-state index is 12.0. The van der Waals surface area contributed by atoms with Gasteiger partial charge in [0.1, 0.15) is 12.7 Å². The molecule has 1 atom stereocenters. The molecule has 0 aliphatic carbocycles. The number of carbonyl (C=O) groups is 1. The van der Waals surface area contributed by atoms with Crippen LogP contribution in [0, 0.1) is 0 Å². The molecule has 2 N–H and O–H groups in total. The summed E-state index contributed by atoms with van der Waals surface area (Å²) in [6.45, 7) is 0.981. The predicted molar refractivity (Wildman–Crippen MR) is 83.7 cm³/mol. The summed E-state index contributed by atoms with van der Waals surface area (Å²) in [6, 6.07) is 7.83. The first-order valence-corrected chi connectivity index (χ1v) is 8.03. The maximum absolute atomic E-state index is 12.0. The molecule has 1 amide bonds. The van der Waals surface area contributed by atoms with E-state index in [4.69, 9.17) is 0 Å². The topological polar surface area (TPSA) is 71.8 Å². The van der Waals surface area contributed by atoms with Gasteiger partial charge in [0.05, 0.1) is 5.69 Å². The highest BCUT2D eigenvalue weighted by Gasteiger charge is 2.16. The molecule has 21 heavy (non-hydrogen) atoms. The first kappa shape index (κ1) is 14.1.